The van der Waals surface area contributed by atoms with E-state index in [0.29, 0.717) is 21.3 Å². The van der Waals surface area contributed by atoms with Gasteiger partial charge >= 0.3 is 5.91 Å². The summed E-state index contributed by atoms with van der Waals surface area (Å²) < 4.78 is 0. The Bertz CT molecular complexity index is 1130. The molecule has 2 aromatic carbocycles. The van der Waals surface area contributed by atoms with Gasteiger partial charge in [0.05, 0.1) is 17.3 Å². The number of thiazole rings is 1. The Kier molecular flexibility index (Phi) is 4.98. The number of carbonyl (C=O) groups excluding carboxylic acids is 2. The minimum atomic E-state index is -0.821. The van der Waals surface area contributed by atoms with Crippen molar-refractivity contribution in [3.63, 3.8) is 0 Å². The van der Waals surface area contributed by atoms with Crippen LogP contribution in [0.15, 0.2) is 60.2 Å². The molecule has 1 atom stereocenters. The number of aliphatic hydroxyl groups is 1. The zero-order chi connectivity index (χ0) is 20.7. The maximum atomic E-state index is 13.0. The van der Waals surface area contributed by atoms with Crippen LogP contribution in [0.3, 0.4) is 0 Å². The van der Waals surface area contributed by atoms with Crippen LogP contribution in [0.5, 0.6) is 0 Å². The Morgan fingerprint density at radius 2 is 1.83 bits per heavy atom. The van der Waals surface area contributed by atoms with Crippen molar-refractivity contribution in [3.05, 3.63) is 86.9 Å². The van der Waals surface area contributed by atoms with E-state index in [1.807, 2.05) is 19.9 Å². The molecule has 0 unspecified atom stereocenters. The lowest BCUT2D eigenvalue weighted by atomic mass is 9.95. The van der Waals surface area contributed by atoms with Gasteiger partial charge in [0.15, 0.2) is 5.13 Å². The lowest BCUT2D eigenvalue weighted by Crippen LogP contribution is -2.29. The second-order valence-corrected chi connectivity index (χ2v) is 8.35. The van der Waals surface area contributed by atoms with Gasteiger partial charge in [-0.05, 0) is 31.5 Å². The first-order chi connectivity index (χ1) is 13.9. The van der Waals surface area contributed by atoms with Crippen molar-refractivity contribution in [2.24, 2.45) is 0 Å². The molecule has 3 aromatic rings. The first-order valence-corrected chi connectivity index (χ1v) is 10.1. The van der Waals surface area contributed by atoms with Gasteiger partial charge in [0, 0.05) is 15.5 Å². The van der Waals surface area contributed by atoms with Gasteiger partial charge < -0.3 is 5.11 Å². The van der Waals surface area contributed by atoms with Crippen molar-refractivity contribution in [1.82, 2.24) is 4.98 Å². The van der Waals surface area contributed by atoms with Crippen molar-refractivity contribution in [2.45, 2.75) is 19.9 Å². The number of carbonyl (C=O) groups is 2. The summed E-state index contributed by atoms with van der Waals surface area (Å²) in [5.41, 5.74) is 1.90. The molecule has 1 aliphatic heterocycles. The minimum absolute atomic E-state index is 0.0222. The molecule has 0 bridgehead atoms. The van der Waals surface area contributed by atoms with Gasteiger partial charge in [-0.3, -0.25) is 14.5 Å². The highest BCUT2D eigenvalue weighted by atomic mass is 35.5. The van der Waals surface area contributed by atoms with Gasteiger partial charge in [0.2, 0.25) is 0 Å². The van der Waals surface area contributed by atoms with Crippen LogP contribution in [0.25, 0.3) is 5.76 Å². The molecule has 1 fully saturated rings. The number of hydrogen-bond acceptors (Lipinski definition) is 5. The standard InChI is InChI=1S/C22H17ClN2O3S/c1-12-13(2)29-22(24-12)25-18(15-9-6-10-16(23)11-15)17(20(27)21(25)28)19(26)14-7-4-3-5-8-14/h3-11,18,26H,1-2H3/b19-17+/t18-/m0/s1. The van der Waals surface area contributed by atoms with Crippen molar-refractivity contribution in [3.8, 4) is 0 Å². The molecule has 1 saturated heterocycles. The average Bonchev–Trinajstić information content (AvgIpc) is 3.18. The highest BCUT2D eigenvalue weighted by Gasteiger charge is 2.48. The number of benzene rings is 2. The summed E-state index contributed by atoms with van der Waals surface area (Å²) in [6.45, 7) is 3.76. The Morgan fingerprint density at radius 3 is 2.45 bits per heavy atom. The van der Waals surface area contributed by atoms with E-state index in [0.717, 1.165) is 10.6 Å². The summed E-state index contributed by atoms with van der Waals surface area (Å²) >= 11 is 7.52. The molecule has 0 saturated carbocycles. The molecule has 29 heavy (non-hydrogen) atoms. The van der Waals surface area contributed by atoms with E-state index in [1.165, 1.54) is 16.2 Å². The zero-order valence-electron chi connectivity index (χ0n) is 15.7. The van der Waals surface area contributed by atoms with E-state index in [2.05, 4.69) is 4.98 Å². The second kappa shape index (κ2) is 7.46. The molecule has 1 N–H and O–H groups in total. The van der Waals surface area contributed by atoms with E-state index >= 15 is 0 Å². The number of aliphatic hydroxyl groups excluding tert-OH is 1. The van der Waals surface area contributed by atoms with E-state index in [4.69, 9.17) is 11.6 Å². The topological polar surface area (TPSA) is 70.5 Å². The van der Waals surface area contributed by atoms with Crippen LogP contribution >= 0.6 is 22.9 Å². The van der Waals surface area contributed by atoms with E-state index in [-0.39, 0.29) is 11.3 Å². The number of rotatable bonds is 3. The maximum Gasteiger partial charge on any atom is 0.301 e. The highest BCUT2D eigenvalue weighted by molar-refractivity contribution is 7.16. The Morgan fingerprint density at radius 1 is 1.10 bits per heavy atom. The summed E-state index contributed by atoms with van der Waals surface area (Å²) in [5.74, 6) is -1.69. The first kappa shape index (κ1) is 19.4. The smallest absolute Gasteiger partial charge is 0.301 e. The molecular weight excluding hydrogens is 408 g/mol. The molecular formula is C22H17ClN2O3S. The van der Waals surface area contributed by atoms with Crippen LogP contribution in [-0.4, -0.2) is 21.8 Å². The summed E-state index contributed by atoms with van der Waals surface area (Å²) in [7, 11) is 0. The second-order valence-electron chi connectivity index (χ2n) is 6.73. The summed E-state index contributed by atoms with van der Waals surface area (Å²) in [6.07, 6.45) is 0. The van der Waals surface area contributed by atoms with Gasteiger partial charge in [-0.1, -0.05) is 54.1 Å². The Balaban J connectivity index is 1.97. The number of nitrogens with zero attached hydrogens (tertiary/aromatic N) is 2. The third-order valence-corrected chi connectivity index (χ3v) is 6.19. The summed E-state index contributed by atoms with van der Waals surface area (Å²) in [5, 5.41) is 11.9. The van der Waals surface area contributed by atoms with Crippen molar-refractivity contribution < 1.29 is 14.7 Å². The largest absolute Gasteiger partial charge is 0.507 e. The van der Waals surface area contributed by atoms with Gasteiger partial charge in [-0.25, -0.2) is 4.98 Å². The molecule has 0 spiro atoms. The predicted molar refractivity (Wildman–Crippen MR) is 114 cm³/mol. The molecule has 7 heteroatoms. The van der Waals surface area contributed by atoms with Crippen molar-refractivity contribution in [1.29, 1.82) is 0 Å². The van der Waals surface area contributed by atoms with Crippen LogP contribution in [0.2, 0.25) is 5.02 Å². The fraction of sp³-hybridized carbons (Fsp3) is 0.136. The SMILES string of the molecule is Cc1nc(N2C(=O)C(=O)/C(=C(/O)c3ccccc3)[C@@H]2c2cccc(Cl)c2)sc1C. The summed E-state index contributed by atoms with van der Waals surface area (Å²) in [6, 6.07) is 14.8. The number of aryl methyl sites for hydroxylation is 2. The fourth-order valence-corrected chi connectivity index (χ4v) is 4.47. The molecule has 4 rings (SSSR count). The van der Waals surface area contributed by atoms with Crippen molar-refractivity contribution >= 4 is 45.5 Å². The normalized spacial score (nSPS) is 18.4. The monoisotopic (exact) mass is 424 g/mol. The third-order valence-electron chi connectivity index (χ3n) is 4.88. The van der Waals surface area contributed by atoms with Crippen LogP contribution < -0.4 is 4.90 Å². The number of halogens is 1. The number of ketones is 1. The number of aromatic nitrogens is 1. The van der Waals surface area contributed by atoms with Gasteiger partial charge in [0.25, 0.3) is 5.78 Å². The average molecular weight is 425 g/mol. The highest BCUT2D eigenvalue weighted by Crippen LogP contribution is 2.44. The van der Waals surface area contributed by atoms with Gasteiger partial charge in [-0.15, -0.1) is 11.3 Å². The molecule has 1 aliphatic rings. The van der Waals surface area contributed by atoms with Crippen LogP contribution in [0.4, 0.5) is 5.13 Å². The lowest BCUT2D eigenvalue weighted by Gasteiger charge is -2.23. The van der Waals surface area contributed by atoms with Crippen LogP contribution in [-0.2, 0) is 9.59 Å². The molecule has 0 aliphatic carbocycles. The van der Waals surface area contributed by atoms with Crippen molar-refractivity contribution in [2.75, 3.05) is 4.90 Å². The number of anilines is 1. The quantitative estimate of drug-likeness (QED) is 0.363. The number of hydrogen-bond donors (Lipinski definition) is 1. The zero-order valence-corrected chi connectivity index (χ0v) is 17.3. The van der Waals surface area contributed by atoms with Gasteiger partial charge in [-0.2, -0.15) is 0 Å². The minimum Gasteiger partial charge on any atom is -0.507 e. The molecule has 5 nitrogen and oxygen atoms in total. The van der Waals surface area contributed by atoms with E-state index < -0.39 is 17.7 Å². The predicted octanol–water partition coefficient (Wildman–Crippen LogP) is 5.04. The maximum absolute atomic E-state index is 13.0. The van der Waals surface area contributed by atoms with Gasteiger partial charge in [0.1, 0.15) is 5.76 Å². The molecule has 1 amide bonds. The van der Waals surface area contributed by atoms with Crippen LogP contribution in [0.1, 0.15) is 27.7 Å². The number of Topliss-reactive ketones (excluding diaryl/α,β-unsaturated/α-hetero) is 1. The summed E-state index contributed by atoms with van der Waals surface area (Å²) in [4.78, 5) is 32.8. The van der Waals surface area contributed by atoms with Crippen LogP contribution in [0, 0.1) is 13.8 Å². The molecule has 146 valence electrons. The first-order valence-electron chi connectivity index (χ1n) is 8.94. The Labute approximate surface area is 176 Å². The molecule has 1 aromatic heterocycles. The van der Waals surface area contributed by atoms with E-state index in [1.54, 1.807) is 48.5 Å². The van der Waals surface area contributed by atoms with E-state index in [9.17, 15) is 14.7 Å². The molecule has 0 radical (unpaired) electrons. The number of amides is 1. The molecule has 2 heterocycles. The third kappa shape index (κ3) is 3.34. The lowest BCUT2D eigenvalue weighted by molar-refractivity contribution is -0.132. The fourth-order valence-electron chi connectivity index (χ4n) is 3.33. The Hall–Kier alpha value is -2.96.